The highest BCUT2D eigenvalue weighted by atomic mass is 16.1. The minimum Gasteiger partial charge on any atom is -0.307 e. The van der Waals surface area contributed by atoms with Gasteiger partial charge in [-0.25, -0.2) is 0 Å². The van der Waals surface area contributed by atoms with Gasteiger partial charge >= 0.3 is 0 Å². The van der Waals surface area contributed by atoms with Gasteiger partial charge in [0.1, 0.15) is 0 Å². The number of carbonyl (C=O) groups is 1. The van der Waals surface area contributed by atoms with Crippen LogP contribution in [-0.4, -0.2) is 18.4 Å². The van der Waals surface area contributed by atoms with E-state index in [-0.39, 0.29) is 6.04 Å². The van der Waals surface area contributed by atoms with Crippen molar-refractivity contribution in [3.8, 4) is 0 Å². The Kier molecular flexibility index (Phi) is 2.41. The van der Waals surface area contributed by atoms with Crippen molar-refractivity contribution in [2.75, 3.05) is 6.54 Å². The molecule has 1 aromatic carbocycles. The van der Waals surface area contributed by atoms with Crippen LogP contribution in [-0.2, 0) is 11.2 Å². The summed E-state index contributed by atoms with van der Waals surface area (Å²) in [4.78, 5) is 11.5. The Morgan fingerprint density at radius 2 is 2.08 bits per heavy atom. The minimum atomic E-state index is 0.125. The van der Waals surface area contributed by atoms with Gasteiger partial charge in [0.15, 0.2) is 5.78 Å². The van der Waals surface area contributed by atoms with Gasteiger partial charge in [-0.1, -0.05) is 30.3 Å². The van der Waals surface area contributed by atoms with Crippen LogP contribution in [0.25, 0.3) is 0 Å². The minimum absolute atomic E-state index is 0.125. The van der Waals surface area contributed by atoms with Crippen LogP contribution in [0.5, 0.6) is 0 Å². The number of benzene rings is 1. The molecule has 13 heavy (non-hydrogen) atoms. The van der Waals surface area contributed by atoms with Gasteiger partial charge < -0.3 is 5.32 Å². The van der Waals surface area contributed by atoms with Crippen molar-refractivity contribution in [2.45, 2.75) is 18.9 Å². The van der Waals surface area contributed by atoms with Crippen molar-refractivity contribution < 1.29 is 4.79 Å². The first-order valence-corrected chi connectivity index (χ1v) is 4.66. The lowest BCUT2D eigenvalue weighted by molar-refractivity contribution is -0.121. The molecule has 1 aliphatic heterocycles. The summed E-state index contributed by atoms with van der Waals surface area (Å²) in [7, 11) is 0. The van der Waals surface area contributed by atoms with Crippen LogP contribution >= 0.6 is 0 Å². The van der Waals surface area contributed by atoms with E-state index in [1.807, 2.05) is 30.3 Å². The van der Waals surface area contributed by atoms with E-state index in [1.165, 1.54) is 0 Å². The zero-order valence-electron chi connectivity index (χ0n) is 7.49. The molecule has 2 rings (SSSR count). The first-order valence-electron chi connectivity index (χ1n) is 4.66. The Hall–Kier alpha value is -1.15. The van der Waals surface area contributed by atoms with E-state index < -0.39 is 0 Å². The van der Waals surface area contributed by atoms with Crippen LogP contribution in [0.1, 0.15) is 12.0 Å². The predicted molar refractivity (Wildman–Crippen MR) is 51.6 cm³/mol. The summed E-state index contributed by atoms with van der Waals surface area (Å²) in [5.74, 6) is 0.317. The zero-order valence-corrected chi connectivity index (χ0v) is 7.49. The second kappa shape index (κ2) is 3.71. The Morgan fingerprint density at radius 1 is 1.38 bits per heavy atom. The maximum absolute atomic E-state index is 11.5. The fourth-order valence-electron chi connectivity index (χ4n) is 1.48. The topological polar surface area (TPSA) is 29.1 Å². The summed E-state index contributed by atoms with van der Waals surface area (Å²) < 4.78 is 0. The normalized spacial score (nSPS) is 20.8. The van der Waals surface area contributed by atoms with E-state index in [9.17, 15) is 4.79 Å². The van der Waals surface area contributed by atoms with Crippen molar-refractivity contribution in [2.24, 2.45) is 0 Å². The monoisotopic (exact) mass is 175 g/mol. The maximum atomic E-state index is 11.5. The average Bonchev–Trinajstić information content (AvgIpc) is 2.02. The molecular formula is C11H13NO. The number of ketones is 1. The highest BCUT2D eigenvalue weighted by Crippen LogP contribution is 2.08. The standard InChI is InChI=1S/C11H13NO/c13-11(10-6-7-12-10)8-9-4-2-1-3-5-9/h1-5,10,12H,6-8H2. The Labute approximate surface area is 78.0 Å². The Bertz CT molecular complexity index is 290. The molecular weight excluding hydrogens is 162 g/mol. The predicted octanol–water partition coefficient (Wildman–Crippen LogP) is 1.16. The summed E-state index contributed by atoms with van der Waals surface area (Å²) in [5.41, 5.74) is 1.11. The number of nitrogens with one attached hydrogen (secondary N) is 1. The third kappa shape index (κ3) is 1.95. The van der Waals surface area contributed by atoms with Gasteiger partial charge in [-0.15, -0.1) is 0 Å². The first-order chi connectivity index (χ1) is 6.36. The Morgan fingerprint density at radius 3 is 2.62 bits per heavy atom. The van der Waals surface area contributed by atoms with Crippen molar-refractivity contribution >= 4 is 5.78 Å². The molecule has 0 aromatic heterocycles. The van der Waals surface area contributed by atoms with Crippen LogP contribution < -0.4 is 5.32 Å². The number of rotatable bonds is 3. The molecule has 2 heteroatoms. The maximum Gasteiger partial charge on any atom is 0.154 e. The fourth-order valence-corrected chi connectivity index (χ4v) is 1.48. The number of carbonyl (C=O) groups excluding carboxylic acids is 1. The van der Waals surface area contributed by atoms with Gasteiger partial charge in [-0.05, 0) is 18.5 Å². The fraction of sp³-hybridized carbons (Fsp3) is 0.364. The highest BCUT2D eigenvalue weighted by Gasteiger charge is 2.23. The van der Waals surface area contributed by atoms with Crippen molar-refractivity contribution in [3.63, 3.8) is 0 Å². The second-order valence-corrected chi connectivity index (χ2v) is 3.42. The summed E-state index contributed by atoms with van der Waals surface area (Å²) in [6.07, 6.45) is 1.57. The molecule has 0 amide bonds. The van der Waals surface area contributed by atoms with Crippen molar-refractivity contribution in [3.05, 3.63) is 35.9 Å². The summed E-state index contributed by atoms with van der Waals surface area (Å²) in [6.45, 7) is 0.991. The van der Waals surface area contributed by atoms with Gasteiger partial charge in [0, 0.05) is 6.42 Å². The lowest BCUT2D eigenvalue weighted by Crippen LogP contribution is -2.49. The van der Waals surface area contributed by atoms with E-state index in [1.54, 1.807) is 0 Å². The van der Waals surface area contributed by atoms with E-state index in [4.69, 9.17) is 0 Å². The molecule has 2 nitrogen and oxygen atoms in total. The molecule has 1 heterocycles. The molecule has 1 N–H and O–H groups in total. The van der Waals surface area contributed by atoms with Crippen LogP contribution in [0.15, 0.2) is 30.3 Å². The van der Waals surface area contributed by atoms with Gasteiger partial charge in [-0.3, -0.25) is 4.79 Å². The molecule has 1 unspecified atom stereocenters. The van der Waals surface area contributed by atoms with Crippen LogP contribution in [0, 0.1) is 0 Å². The van der Waals surface area contributed by atoms with Crippen LogP contribution in [0.2, 0.25) is 0 Å². The molecule has 0 spiro atoms. The second-order valence-electron chi connectivity index (χ2n) is 3.42. The smallest absolute Gasteiger partial charge is 0.154 e. The molecule has 1 fully saturated rings. The van der Waals surface area contributed by atoms with Crippen LogP contribution in [0.3, 0.4) is 0 Å². The van der Waals surface area contributed by atoms with Gasteiger partial charge in [0.2, 0.25) is 0 Å². The summed E-state index contributed by atoms with van der Waals surface area (Å²) in [5, 5.41) is 3.12. The number of Topliss-reactive ketones (excluding diaryl/α,β-unsaturated/α-hetero) is 1. The number of hydrogen-bond acceptors (Lipinski definition) is 2. The molecule has 0 saturated carbocycles. The lowest BCUT2D eigenvalue weighted by Gasteiger charge is -2.26. The average molecular weight is 175 g/mol. The SMILES string of the molecule is O=C(Cc1ccccc1)C1CCN1. The quantitative estimate of drug-likeness (QED) is 0.747. The molecule has 1 aliphatic rings. The third-order valence-corrected chi connectivity index (χ3v) is 2.43. The van der Waals surface area contributed by atoms with Gasteiger partial charge in [0.05, 0.1) is 6.04 Å². The van der Waals surface area contributed by atoms with Crippen molar-refractivity contribution in [1.82, 2.24) is 5.32 Å². The van der Waals surface area contributed by atoms with E-state index >= 15 is 0 Å². The van der Waals surface area contributed by atoms with Gasteiger partial charge in [0.25, 0.3) is 0 Å². The van der Waals surface area contributed by atoms with Crippen molar-refractivity contribution in [1.29, 1.82) is 0 Å². The first kappa shape index (κ1) is 8.45. The van der Waals surface area contributed by atoms with E-state index in [0.717, 1.165) is 18.5 Å². The largest absolute Gasteiger partial charge is 0.307 e. The summed E-state index contributed by atoms with van der Waals surface area (Å²) >= 11 is 0. The Balaban J connectivity index is 1.94. The van der Waals surface area contributed by atoms with Crippen LogP contribution in [0.4, 0.5) is 0 Å². The lowest BCUT2D eigenvalue weighted by atomic mass is 9.97. The molecule has 1 atom stereocenters. The zero-order chi connectivity index (χ0) is 9.10. The molecule has 0 radical (unpaired) electrons. The molecule has 0 aliphatic carbocycles. The third-order valence-electron chi connectivity index (χ3n) is 2.43. The molecule has 1 saturated heterocycles. The van der Waals surface area contributed by atoms with E-state index in [0.29, 0.717) is 12.2 Å². The highest BCUT2D eigenvalue weighted by molar-refractivity contribution is 5.86. The molecule has 0 bridgehead atoms. The molecule has 1 aromatic rings. The number of hydrogen-bond donors (Lipinski definition) is 1. The van der Waals surface area contributed by atoms with Gasteiger partial charge in [-0.2, -0.15) is 0 Å². The van der Waals surface area contributed by atoms with E-state index in [2.05, 4.69) is 5.32 Å². The summed E-state index contributed by atoms with van der Waals surface area (Å²) in [6, 6.07) is 10.0. The molecule has 68 valence electrons.